The highest BCUT2D eigenvalue weighted by molar-refractivity contribution is 6.04. The molecule has 1 aliphatic heterocycles. The first-order valence-corrected chi connectivity index (χ1v) is 8.20. The number of hydrogen-bond acceptors (Lipinski definition) is 3. The Kier molecular flexibility index (Phi) is 4.79. The molecular formula is C19H21N3O2. The minimum absolute atomic E-state index is 0.0612. The number of nitrogens with two attached hydrogens (primary N) is 1. The molecular weight excluding hydrogens is 302 g/mol. The number of nitrogens with one attached hydrogen (secondary N) is 1. The molecule has 24 heavy (non-hydrogen) atoms. The molecule has 0 radical (unpaired) electrons. The summed E-state index contributed by atoms with van der Waals surface area (Å²) in [6.07, 6.45) is 3.34. The van der Waals surface area contributed by atoms with Gasteiger partial charge in [-0.15, -0.1) is 0 Å². The highest BCUT2D eigenvalue weighted by atomic mass is 16.2. The van der Waals surface area contributed by atoms with E-state index in [0.29, 0.717) is 22.5 Å². The lowest BCUT2D eigenvalue weighted by Gasteiger charge is -2.26. The number of carbonyl (C=O) groups excluding carboxylic acids is 2. The zero-order valence-corrected chi connectivity index (χ0v) is 13.5. The van der Waals surface area contributed by atoms with E-state index in [9.17, 15) is 9.59 Å². The lowest BCUT2D eigenvalue weighted by molar-refractivity contribution is 0.0724. The van der Waals surface area contributed by atoms with Crippen LogP contribution in [0.2, 0.25) is 0 Å². The van der Waals surface area contributed by atoms with Gasteiger partial charge in [-0.2, -0.15) is 0 Å². The number of amides is 2. The van der Waals surface area contributed by atoms with Crippen molar-refractivity contribution in [1.82, 2.24) is 4.90 Å². The summed E-state index contributed by atoms with van der Waals surface area (Å²) in [6, 6.07) is 13.8. The van der Waals surface area contributed by atoms with Crippen LogP contribution in [0.5, 0.6) is 0 Å². The molecule has 1 saturated heterocycles. The van der Waals surface area contributed by atoms with Gasteiger partial charge in [-0.05, 0) is 67.8 Å². The van der Waals surface area contributed by atoms with E-state index >= 15 is 0 Å². The molecule has 124 valence electrons. The minimum Gasteiger partial charge on any atom is -0.399 e. The summed E-state index contributed by atoms with van der Waals surface area (Å²) in [5.41, 5.74) is 8.09. The molecule has 2 amide bonds. The first-order chi connectivity index (χ1) is 11.6. The number of hydrogen-bond donors (Lipinski definition) is 2. The third-order valence-corrected chi connectivity index (χ3v) is 4.21. The second kappa shape index (κ2) is 7.17. The van der Waals surface area contributed by atoms with Gasteiger partial charge >= 0.3 is 0 Å². The molecule has 0 saturated carbocycles. The van der Waals surface area contributed by atoms with Crippen LogP contribution in [0.25, 0.3) is 0 Å². The average Bonchev–Trinajstić information content (AvgIpc) is 2.63. The normalized spacial score (nSPS) is 14.2. The molecule has 5 nitrogen and oxygen atoms in total. The number of nitrogen functional groups attached to an aromatic ring is 1. The van der Waals surface area contributed by atoms with Crippen molar-refractivity contribution in [2.24, 2.45) is 0 Å². The largest absolute Gasteiger partial charge is 0.399 e. The van der Waals surface area contributed by atoms with E-state index in [1.807, 2.05) is 4.90 Å². The Morgan fingerprint density at radius 1 is 0.833 bits per heavy atom. The van der Waals surface area contributed by atoms with E-state index in [4.69, 9.17) is 5.73 Å². The Labute approximate surface area is 141 Å². The quantitative estimate of drug-likeness (QED) is 0.852. The molecule has 0 spiro atoms. The Morgan fingerprint density at radius 3 is 2.04 bits per heavy atom. The minimum atomic E-state index is -0.204. The van der Waals surface area contributed by atoms with Crippen LogP contribution in [0, 0.1) is 0 Å². The fourth-order valence-corrected chi connectivity index (χ4v) is 2.81. The van der Waals surface area contributed by atoms with Gasteiger partial charge in [-0.3, -0.25) is 9.59 Å². The molecule has 0 unspecified atom stereocenters. The maximum Gasteiger partial charge on any atom is 0.255 e. The maximum absolute atomic E-state index is 12.4. The summed E-state index contributed by atoms with van der Waals surface area (Å²) in [6.45, 7) is 1.66. The SMILES string of the molecule is Nc1ccc(C(=O)Nc2ccc(C(=O)N3CCCCC3)cc2)cc1. The van der Waals surface area contributed by atoms with Crippen LogP contribution >= 0.6 is 0 Å². The third-order valence-electron chi connectivity index (χ3n) is 4.21. The monoisotopic (exact) mass is 323 g/mol. The van der Waals surface area contributed by atoms with Crippen LogP contribution in [0.1, 0.15) is 40.0 Å². The molecule has 5 heteroatoms. The number of rotatable bonds is 3. The number of piperidine rings is 1. The lowest BCUT2D eigenvalue weighted by atomic mass is 10.1. The molecule has 3 N–H and O–H groups in total. The van der Waals surface area contributed by atoms with Gasteiger partial charge in [-0.25, -0.2) is 0 Å². The van der Waals surface area contributed by atoms with Crippen molar-refractivity contribution in [1.29, 1.82) is 0 Å². The van der Waals surface area contributed by atoms with E-state index in [2.05, 4.69) is 5.32 Å². The third kappa shape index (κ3) is 3.74. The van der Waals surface area contributed by atoms with Crippen molar-refractivity contribution < 1.29 is 9.59 Å². The molecule has 1 fully saturated rings. The number of anilines is 2. The standard InChI is InChI=1S/C19H21N3O2/c20-16-8-4-14(5-9-16)18(23)21-17-10-6-15(7-11-17)19(24)22-12-2-1-3-13-22/h4-11H,1-3,12-13,20H2,(H,21,23). The predicted molar refractivity (Wildman–Crippen MR) is 95.0 cm³/mol. The summed E-state index contributed by atoms with van der Waals surface area (Å²) >= 11 is 0. The van der Waals surface area contributed by atoms with Crippen molar-refractivity contribution in [3.63, 3.8) is 0 Å². The zero-order chi connectivity index (χ0) is 16.9. The molecule has 2 aromatic carbocycles. The van der Waals surface area contributed by atoms with E-state index < -0.39 is 0 Å². The van der Waals surface area contributed by atoms with Gasteiger partial charge in [0.15, 0.2) is 0 Å². The van der Waals surface area contributed by atoms with Crippen molar-refractivity contribution in [3.05, 3.63) is 59.7 Å². The smallest absolute Gasteiger partial charge is 0.255 e. The topological polar surface area (TPSA) is 75.4 Å². The summed E-state index contributed by atoms with van der Waals surface area (Å²) in [5, 5.41) is 2.82. The van der Waals surface area contributed by atoms with Gasteiger partial charge < -0.3 is 16.0 Å². The first kappa shape index (κ1) is 16.1. The molecule has 1 aliphatic rings. The fraction of sp³-hybridized carbons (Fsp3) is 0.263. The predicted octanol–water partition coefficient (Wildman–Crippen LogP) is 3.15. The van der Waals surface area contributed by atoms with E-state index in [-0.39, 0.29) is 11.8 Å². The van der Waals surface area contributed by atoms with E-state index in [0.717, 1.165) is 25.9 Å². The van der Waals surface area contributed by atoms with Crippen molar-refractivity contribution in [2.75, 3.05) is 24.1 Å². The molecule has 3 rings (SSSR count). The molecule has 0 aromatic heterocycles. The zero-order valence-electron chi connectivity index (χ0n) is 13.5. The molecule has 1 heterocycles. The van der Waals surface area contributed by atoms with Gasteiger partial charge in [0, 0.05) is 35.6 Å². The Bertz CT molecular complexity index is 717. The summed E-state index contributed by atoms with van der Waals surface area (Å²) in [4.78, 5) is 26.5. The maximum atomic E-state index is 12.4. The summed E-state index contributed by atoms with van der Waals surface area (Å²) < 4.78 is 0. The van der Waals surface area contributed by atoms with Crippen LogP contribution < -0.4 is 11.1 Å². The van der Waals surface area contributed by atoms with Crippen molar-refractivity contribution in [3.8, 4) is 0 Å². The van der Waals surface area contributed by atoms with Crippen molar-refractivity contribution in [2.45, 2.75) is 19.3 Å². The van der Waals surface area contributed by atoms with Gasteiger partial charge in [0.1, 0.15) is 0 Å². The summed E-state index contributed by atoms with van der Waals surface area (Å²) in [7, 11) is 0. The number of benzene rings is 2. The first-order valence-electron chi connectivity index (χ1n) is 8.20. The van der Waals surface area contributed by atoms with Crippen LogP contribution in [0.4, 0.5) is 11.4 Å². The van der Waals surface area contributed by atoms with E-state index in [1.54, 1.807) is 48.5 Å². The van der Waals surface area contributed by atoms with Gasteiger partial charge in [0.2, 0.25) is 0 Å². The van der Waals surface area contributed by atoms with Gasteiger partial charge in [-0.1, -0.05) is 0 Å². The summed E-state index contributed by atoms with van der Waals surface area (Å²) in [5.74, 6) is -0.142. The average molecular weight is 323 g/mol. The Balaban J connectivity index is 1.64. The molecule has 0 atom stereocenters. The highest BCUT2D eigenvalue weighted by Gasteiger charge is 2.18. The Hall–Kier alpha value is -2.82. The number of nitrogens with zero attached hydrogens (tertiary/aromatic N) is 1. The number of likely N-dealkylation sites (tertiary alicyclic amines) is 1. The second-order valence-corrected chi connectivity index (χ2v) is 6.01. The molecule has 2 aromatic rings. The second-order valence-electron chi connectivity index (χ2n) is 6.01. The lowest BCUT2D eigenvalue weighted by Crippen LogP contribution is -2.35. The highest BCUT2D eigenvalue weighted by Crippen LogP contribution is 2.16. The molecule has 0 bridgehead atoms. The Morgan fingerprint density at radius 2 is 1.42 bits per heavy atom. The van der Waals surface area contributed by atoms with Crippen LogP contribution in [-0.2, 0) is 0 Å². The fourth-order valence-electron chi connectivity index (χ4n) is 2.81. The van der Waals surface area contributed by atoms with Gasteiger partial charge in [0.25, 0.3) is 11.8 Å². The van der Waals surface area contributed by atoms with Crippen LogP contribution in [0.3, 0.4) is 0 Å². The van der Waals surface area contributed by atoms with Crippen LogP contribution in [0.15, 0.2) is 48.5 Å². The number of carbonyl (C=O) groups is 2. The van der Waals surface area contributed by atoms with Gasteiger partial charge in [0.05, 0.1) is 0 Å². The van der Waals surface area contributed by atoms with Crippen molar-refractivity contribution >= 4 is 23.2 Å². The van der Waals surface area contributed by atoms with Crippen LogP contribution in [-0.4, -0.2) is 29.8 Å². The van der Waals surface area contributed by atoms with E-state index in [1.165, 1.54) is 6.42 Å². The molecule has 0 aliphatic carbocycles.